The van der Waals surface area contributed by atoms with Crippen LogP contribution in [0.25, 0.3) is 0 Å². The molecule has 0 bridgehead atoms. The predicted octanol–water partition coefficient (Wildman–Crippen LogP) is 3.78. The third-order valence-electron chi connectivity index (χ3n) is 3.32. The maximum Gasteiger partial charge on any atom is 0.231 e. The molecular weight excluding hydrogens is 318 g/mol. The van der Waals surface area contributed by atoms with Gasteiger partial charge in [0, 0.05) is 17.6 Å². The lowest BCUT2D eigenvalue weighted by atomic mass is 10.1. The number of ether oxygens (including phenoxy) is 2. The van der Waals surface area contributed by atoms with E-state index in [1.165, 1.54) is 16.7 Å². The highest BCUT2D eigenvalue weighted by molar-refractivity contribution is 9.10. The first kappa shape index (κ1) is 13.5. The lowest BCUT2D eigenvalue weighted by Crippen LogP contribution is -2.12. The number of hydrogen-bond donors (Lipinski definition) is 1. The Balaban J connectivity index is 1.58. The molecule has 0 atom stereocenters. The molecule has 1 heterocycles. The minimum Gasteiger partial charge on any atom is -0.454 e. The molecule has 20 heavy (non-hydrogen) atoms. The van der Waals surface area contributed by atoms with Crippen molar-refractivity contribution in [1.82, 2.24) is 5.32 Å². The Morgan fingerprint density at radius 2 is 1.70 bits per heavy atom. The normalized spacial score (nSPS) is 12.7. The van der Waals surface area contributed by atoms with Gasteiger partial charge in [0.05, 0.1) is 0 Å². The zero-order chi connectivity index (χ0) is 13.9. The van der Waals surface area contributed by atoms with Crippen molar-refractivity contribution in [2.24, 2.45) is 0 Å². The highest BCUT2D eigenvalue weighted by Crippen LogP contribution is 2.32. The number of benzene rings is 2. The van der Waals surface area contributed by atoms with E-state index in [4.69, 9.17) is 9.47 Å². The summed E-state index contributed by atoms with van der Waals surface area (Å²) in [5, 5.41) is 3.44. The second-order valence-corrected chi connectivity index (χ2v) is 5.73. The Bertz CT molecular complexity index is 628. The maximum atomic E-state index is 5.38. The van der Waals surface area contributed by atoms with Crippen LogP contribution in [0, 0.1) is 6.92 Å². The van der Waals surface area contributed by atoms with Crippen molar-refractivity contribution in [3.63, 3.8) is 0 Å². The van der Waals surface area contributed by atoms with E-state index in [0.29, 0.717) is 6.79 Å². The van der Waals surface area contributed by atoms with E-state index in [2.05, 4.69) is 52.4 Å². The summed E-state index contributed by atoms with van der Waals surface area (Å²) in [6, 6.07) is 12.5. The van der Waals surface area contributed by atoms with Gasteiger partial charge in [0.15, 0.2) is 11.5 Å². The van der Waals surface area contributed by atoms with Crippen molar-refractivity contribution in [3.05, 3.63) is 57.6 Å². The zero-order valence-electron chi connectivity index (χ0n) is 11.3. The Kier molecular flexibility index (Phi) is 3.94. The van der Waals surface area contributed by atoms with E-state index >= 15 is 0 Å². The third-order valence-corrected chi connectivity index (χ3v) is 4.21. The van der Waals surface area contributed by atoms with Gasteiger partial charge in [-0.2, -0.15) is 0 Å². The minimum absolute atomic E-state index is 0.324. The first-order chi connectivity index (χ1) is 9.72. The van der Waals surface area contributed by atoms with Crippen LogP contribution in [0.15, 0.2) is 40.9 Å². The molecule has 0 radical (unpaired) electrons. The quantitative estimate of drug-likeness (QED) is 0.923. The second kappa shape index (κ2) is 5.85. The molecule has 104 valence electrons. The summed E-state index contributed by atoms with van der Waals surface area (Å²) in [7, 11) is 0. The molecular formula is C16H16BrNO2. The van der Waals surface area contributed by atoms with E-state index < -0.39 is 0 Å². The summed E-state index contributed by atoms with van der Waals surface area (Å²) in [6.45, 7) is 4.09. The van der Waals surface area contributed by atoms with Crippen molar-refractivity contribution in [2.45, 2.75) is 20.0 Å². The number of aryl methyl sites for hydroxylation is 1. The smallest absolute Gasteiger partial charge is 0.231 e. The van der Waals surface area contributed by atoms with Gasteiger partial charge in [-0.05, 0) is 41.8 Å². The van der Waals surface area contributed by atoms with Crippen molar-refractivity contribution >= 4 is 15.9 Å². The van der Waals surface area contributed by atoms with Gasteiger partial charge in [-0.15, -0.1) is 0 Å². The van der Waals surface area contributed by atoms with E-state index in [1.807, 2.05) is 12.1 Å². The van der Waals surface area contributed by atoms with Gasteiger partial charge < -0.3 is 14.8 Å². The molecule has 3 nitrogen and oxygen atoms in total. The second-order valence-electron chi connectivity index (χ2n) is 4.87. The van der Waals surface area contributed by atoms with Gasteiger partial charge in [0.1, 0.15) is 0 Å². The molecule has 2 aromatic carbocycles. The molecule has 0 fully saturated rings. The topological polar surface area (TPSA) is 30.5 Å². The molecule has 0 spiro atoms. The van der Waals surface area contributed by atoms with Gasteiger partial charge in [-0.1, -0.05) is 34.1 Å². The largest absolute Gasteiger partial charge is 0.454 e. The lowest BCUT2D eigenvalue weighted by molar-refractivity contribution is 0.174. The SMILES string of the molecule is Cc1cc(CNCc2ccc3c(c2)OCO3)ccc1Br. The van der Waals surface area contributed by atoms with Crippen LogP contribution < -0.4 is 14.8 Å². The first-order valence-corrected chi connectivity index (χ1v) is 7.36. The summed E-state index contributed by atoms with van der Waals surface area (Å²) in [5.41, 5.74) is 3.74. The third kappa shape index (κ3) is 2.97. The lowest BCUT2D eigenvalue weighted by Gasteiger charge is -2.07. The predicted molar refractivity (Wildman–Crippen MR) is 82.0 cm³/mol. The van der Waals surface area contributed by atoms with Crippen LogP contribution in [0.1, 0.15) is 16.7 Å². The van der Waals surface area contributed by atoms with Crippen molar-refractivity contribution in [3.8, 4) is 11.5 Å². The molecule has 1 aliphatic rings. The van der Waals surface area contributed by atoms with Crippen LogP contribution in [0.3, 0.4) is 0 Å². The van der Waals surface area contributed by atoms with Gasteiger partial charge >= 0.3 is 0 Å². The van der Waals surface area contributed by atoms with Crippen LogP contribution in [0.2, 0.25) is 0 Å². The fraction of sp³-hybridized carbons (Fsp3) is 0.250. The molecule has 3 rings (SSSR count). The average Bonchev–Trinajstić information content (AvgIpc) is 2.90. The first-order valence-electron chi connectivity index (χ1n) is 6.56. The molecule has 2 aromatic rings. The Morgan fingerprint density at radius 3 is 2.50 bits per heavy atom. The van der Waals surface area contributed by atoms with E-state index in [9.17, 15) is 0 Å². The summed E-state index contributed by atoms with van der Waals surface area (Å²) in [4.78, 5) is 0. The Hall–Kier alpha value is -1.52. The molecule has 0 aliphatic carbocycles. The van der Waals surface area contributed by atoms with E-state index in [1.54, 1.807) is 0 Å². The Labute approximate surface area is 127 Å². The molecule has 1 aliphatic heterocycles. The molecule has 0 aromatic heterocycles. The van der Waals surface area contributed by atoms with Gasteiger partial charge in [0.2, 0.25) is 6.79 Å². The van der Waals surface area contributed by atoms with Crippen LogP contribution in [0.4, 0.5) is 0 Å². The highest BCUT2D eigenvalue weighted by Gasteiger charge is 2.12. The fourth-order valence-corrected chi connectivity index (χ4v) is 2.47. The fourth-order valence-electron chi connectivity index (χ4n) is 2.22. The van der Waals surface area contributed by atoms with Crippen LogP contribution in [0.5, 0.6) is 11.5 Å². The summed E-state index contributed by atoms with van der Waals surface area (Å²) in [5.74, 6) is 1.67. The standard InChI is InChI=1S/C16H16BrNO2/c1-11-6-12(2-4-14(11)17)8-18-9-13-3-5-15-16(7-13)20-10-19-15/h2-7,18H,8-10H2,1H3. The number of hydrogen-bond acceptors (Lipinski definition) is 3. The van der Waals surface area contributed by atoms with Crippen LogP contribution in [-0.2, 0) is 13.1 Å². The number of nitrogens with one attached hydrogen (secondary N) is 1. The van der Waals surface area contributed by atoms with Gasteiger partial charge in [0.25, 0.3) is 0 Å². The number of rotatable bonds is 4. The summed E-state index contributed by atoms with van der Waals surface area (Å²) in [6.07, 6.45) is 0. The molecule has 0 unspecified atom stereocenters. The monoisotopic (exact) mass is 333 g/mol. The van der Waals surface area contributed by atoms with Crippen molar-refractivity contribution < 1.29 is 9.47 Å². The number of fused-ring (bicyclic) bond motifs is 1. The Morgan fingerprint density at radius 1 is 1.00 bits per heavy atom. The van der Waals surface area contributed by atoms with Gasteiger partial charge in [-0.25, -0.2) is 0 Å². The van der Waals surface area contributed by atoms with Crippen molar-refractivity contribution in [2.75, 3.05) is 6.79 Å². The molecule has 0 saturated heterocycles. The summed E-state index contributed by atoms with van der Waals surface area (Å²) >= 11 is 3.52. The maximum absolute atomic E-state index is 5.38. The summed E-state index contributed by atoms with van der Waals surface area (Å²) < 4.78 is 11.8. The average molecular weight is 334 g/mol. The number of halogens is 1. The molecule has 0 amide bonds. The molecule has 4 heteroatoms. The van der Waals surface area contributed by atoms with Gasteiger partial charge in [-0.3, -0.25) is 0 Å². The molecule has 0 saturated carbocycles. The van der Waals surface area contributed by atoms with Crippen molar-refractivity contribution in [1.29, 1.82) is 0 Å². The van der Waals surface area contributed by atoms with Crippen LogP contribution in [-0.4, -0.2) is 6.79 Å². The highest BCUT2D eigenvalue weighted by atomic mass is 79.9. The van der Waals surface area contributed by atoms with E-state index in [0.717, 1.165) is 29.1 Å². The minimum atomic E-state index is 0.324. The van der Waals surface area contributed by atoms with E-state index in [-0.39, 0.29) is 0 Å². The van der Waals surface area contributed by atoms with Crippen LogP contribution >= 0.6 is 15.9 Å². The molecule has 1 N–H and O–H groups in total. The zero-order valence-corrected chi connectivity index (χ0v) is 12.9.